The maximum absolute atomic E-state index is 8.92. The molecule has 2 unspecified atom stereocenters. The van der Waals surface area contributed by atoms with Crippen molar-refractivity contribution in [3.8, 4) is 0 Å². The molecule has 62 valence electrons. The van der Waals surface area contributed by atoms with E-state index in [2.05, 4.69) is 19.6 Å². The molecule has 0 aromatic rings. The van der Waals surface area contributed by atoms with Gasteiger partial charge in [-0.1, -0.05) is 6.92 Å². The zero-order chi connectivity index (χ0) is 7.98. The molecule has 0 radical (unpaired) electrons. The van der Waals surface area contributed by atoms with Gasteiger partial charge in [0.2, 0.25) is 0 Å². The summed E-state index contributed by atoms with van der Waals surface area (Å²) >= 11 is 4.25. The number of thiol groups is 1. The fraction of sp³-hybridized carbons (Fsp3) is 1.00. The normalized spacial score (nSPS) is 16.8. The van der Waals surface area contributed by atoms with Crippen molar-refractivity contribution in [2.45, 2.75) is 37.5 Å². The van der Waals surface area contributed by atoms with Gasteiger partial charge in [0, 0.05) is 5.25 Å². The highest BCUT2D eigenvalue weighted by atomic mass is 32.1. The molecule has 0 aliphatic carbocycles. The van der Waals surface area contributed by atoms with Crippen LogP contribution in [0.25, 0.3) is 0 Å². The Kier molecular flexibility index (Phi) is 6.17. The predicted molar refractivity (Wildman–Crippen MR) is 45.4 cm³/mol. The number of aliphatic hydroxyl groups excluding tert-OH is 2. The van der Waals surface area contributed by atoms with Crippen molar-refractivity contribution in [3.63, 3.8) is 0 Å². The second-order valence-electron chi connectivity index (χ2n) is 2.48. The van der Waals surface area contributed by atoms with E-state index in [9.17, 15) is 0 Å². The SMILES string of the molecule is CCC(S)CCC(O)CO. The molecule has 0 fully saturated rings. The van der Waals surface area contributed by atoms with E-state index in [1.165, 1.54) is 0 Å². The summed E-state index contributed by atoms with van der Waals surface area (Å²) in [5.41, 5.74) is 0. The first-order valence-corrected chi connectivity index (χ1v) is 4.19. The highest BCUT2D eigenvalue weighted by Gasteiger charge is 2.04. The molecule has 2 nitrogen and oxygen atoms in total. The third-order valence-corrected chi connectivity index (χ3v) is 2.14. The molecule has 0 aliphatic rings. The maximum Gasteiger partial charge on any atom is 0.0771 e. The molecule has 0 amide bonds. The summed E-state index contributed by atoms with van der Waals surface area (Å²) in [6.07, 6.45) is 1.99. The molecule has 0 aliphatic heterocycles. The van der Waals surface area contributed by atoms with Crippen LogP contribution in [0.5, 0.6) is 0 Å². The van der Waals surface area contributed by atoms with Gasteiger partial charge in [0.15, 0.2) is 0 Å². The molecule has 3 heteroatoms. The van der Waals surface area contributed by atoms with E-state index in [4.69, 9.17) is 10.2 Å². The Morgan fingerprint density at radius 1 is 1.40 bits per heavy atom. The minimum Gasteiger partial charge on any atom is -0.394 e. The monoisotopic (exact) mass is 164 g/mol. The van der Waals surface area contributed by atoms with Crippen LogP contribution in [0, 0.1) is 0 Å². The zero-order valence-electron chi connectivity index (χ0n) is 6.32. The van der Waals surface area contributed by atoms with Crippen LogP contribution in [-0.4, -0.2) is 28.2 Å². The molecule has 0 saturated heterocycles. The molecule has 2 N–H and O–H groups in total. The van der Waals surface area contributed by atoms with Crippen molar-refractivity contribution in [1.29, 1.82) is 0 Å². The van der Waals surface area contributed by atoms with E-state index in [1.807, 2.05) is 0 Å². The summed E-state index contributed by atoms with van der Waals surface area (Å²) < 4.78 is 0. The van der Waals surface area contributed by atoms with Crippen molar-refractivity contribution in [2.75, 3.05) is 6.61 Å². The van der Waals surface area contributed by atoms with Crippen LogP contribution in [0.1, 0.15) is 26.2 Å². The summed E-state index contributed by atoms with van der Waals surface area (Å²) in [7, 11) is 0. The molecule has 0 bridgehead atoms. The Balaban J connectivity index is 3.17. The Hall–Kier alpha value is 0.270. The molecular formula is C7H16O2S. The molecule has 0 aromatic heterocycles. The quantitative estimate of drug-likeness (QED) is 0.527. The second-order valence-corrected chi connectivity index (χ2v) is 3.21. The van der Waals surface area contributed by atoms with Crippen LogP contribution in [-0.2, 0) is 0 Å². The Labute approximate surface area is 67.7 Å². The van der Waals surface area contributed by atoms with Crippen molar-refractivity contribution >= 4 is 12.6 Å². The minimum atomic E-state index is -0.554. The Bertz CT molecular complexity index is 68.0. The first-order chi connectivity index (χ1) is 4.70. The van der Waals surface area contributed by atoms with Gasteiger partial charge in [-0.3, -0.25) is 0 Å². The van der Waals surface area contributed by atoms with Crippen molar-refractivity contribution in [2.24, 2.45) is 0 Å². The van der Waals surface area contributed by atoms with Crippen LogP contribution < -0.4 is 0 Å². The molecule has 0 heterocycles. The maximum atomic E-state index is 8.92. The fourth-order valence-electron chi connectivity index (χ4n) is 0.680. The largest absolute Gasteiger partial charge is 0.394 e. The van der Waals surface area contributed by atoms with Crippen molar-refractivity contribution in [1.82, 2.24) is 0 Å². The van der Waals surface area contributed by atoms with Gasteiger partial charge < -0.3 is 10.2 Å². The van der Waals surface area contributed by atoms with Gasteiger partial charge in [-0.05, 0) is 19.3 Å². The van der Waals surface area contributed by atoms with Crippen LogP contribution in [0.2, 0.25) is 0 Å². The van der Waals surface area contributed by atoms with E-state index in [0.29, 0.717) is 11.7 Å². The van der Waals surface area contributed by atoms with Crippen LogP contribution >= 0.6 is 12.6 Å². The lowest BCUT2D eigenvalue weighted by atomic mass is 10.1. The highest BCUT2D eigenvalue weighted by molar-refractivity contribution is 7.80. The number of rotatable bonds is 5. The lowest BCUT2D eigenvalue weighted by Crippen LogP contribution is -2.13. The number of aliphatic hydroxyl groups is 2. The molecule has 0 spiro atoms. The van der Waals surface area contributed by atoms with Crippen LogP contribution in [0.3, 0.4) is 0 Å². The average Bonchev–Trinajstić information content (AvgIpc) is 1.99. The standard InChI is InChI=1S/C7H16O2S/c1-2-7(10)4-3-6(9)5-8/h6-10H,2-5H2,1H3. The third-order valence-electron chi connectivity index (χ3n) is 1.52. The Morgan fingerprint density at radius 3 is 2.40 bits per heavy atom. The summed E-state index contributed by atoms with van der Waals surface area (Å²) in [6, 6.07) is 0. The van der Waals surface area contributed by atoms with E-state index >= 15 is 0 Å². The zero-order valence-corrected chi connectivity index (χ0v) is 7.22. The smallest absolute Gasteiger partial charge is 0.0771 e. The van der Waals surface area contributed by atoms with E-state index in [1.54, 1.807) is 0 Å². The fourth-order valence-corrected chi connectivity index (χ4v) is 0.829. The second kappa shape index (κ2) is 6.01. The van der Waals surface area contributed by atoms with E-state index in [-0.39, 0.29) is 6.61 Å². The number of hydrogen-bond acceptors (Lipinski definition) is 3. The van der Waals surface area contributed by atoms with Gasteiger partial charge in [0.1, 0.15) is 0 Å². The van der Waals surface area contributed by atoms with Gasteiger partial charge >= 0.3 is 0 Å². The lowest BCUT2D eigenvalue weighted by molar-refractivity contribution is 0.0865. The first-order valence-electron chi connectivity index (χ1n) is 3.67. The van der Waals surface area contributed by atoms with Crippen LogP contribution in [0.4, 0.5) is 0 Å². The molecular weight excluding hydrogens is 148 g/mol. The molecule has 0 saturated carbocycles. The topological polar surface area (TPSA) is 40.5 Å². The molecule has 0 aromatic carbocycles. The number of hydrogen-bond donors (Lipinski definition) is 3. The third kappa shape index (κ3) is 5.09. The van der Waals surface area contributed by atoms with Gasteiger partial charge in [0.05, 0.1) is 12.7 Å². The van der Waals surface area contributed by atoms with Gasteiger partial charge in [-0.15, -0.1) is 0 Å². The summed E-state index contributed by atoms with van der Waals surface area (Å²) in [6.45, 7) is 1.92. The summed E-state index contributed by atoms with van der Waals surface area (Å²) in [4.78, 5) is 0. The Morgan fingerprint density at radius 2 is 2.00 bits per heavy atom. The van der Waals surface area contributed by atoms with Crippen molar-refractivity contribution < 1.29 is 10.2 Å². The van der Waals surface area contributed by atoms with Gasteiger partial charge in [-0.2, -0.15) is 12.6 Å². The average molecular weight is 164 g/mol. The van der Waals surface area contributed by atoms with Gasteiger partial charge in [0.25, 0.3) is 0 Å². The lowest BCUT2D eigenvalue weighted by Gasteiger charge is -2.09. The minimum absolute atomic E-state index is 0.135. The summed E-state index contributed by atoms with van der Waals surface area (Å²) in [5.74, 6) is 0. The molecule has 2 atom stereocenters. The van der Waals surface area contributed by atoms with Crippen LogP contribution in [0.15, 0.2) is 0 Å². The molecule has 10 heavy (non-hydrogen) atoms. The predicted octanol–water partition coefficient (Wildman–Crippen LogP) is 0.828. The highest BCUT2D eigenvalue weighted by Crippen LogP contribution is 2.09. The summed E-state index contributed by atoms with van der Waals surface area (Å²) in [5, 5.41) is 17.7. The first kappa shape index (κ1) is 10.3. The van der Waals surface area contributed by atoms with E-state index in [0.717, 1.165) is 12.8 Å². The van der Waals surface area contributed by atoms with Gasteiger partial charge in [-0.25, -0.2) is 0 Å². The molecule has 0 rings (SSSR count). The van der Waals surface area contributed by atoms with Crippen molar-refractivity contribution in [3.05, 3.63) is 0 Å². The van der Waals surface area contributed by atoms with E-state index < -0.39 is 6.10 Å².